The van der Waals surface area contributed by atoms with Crippen LogP contribution >= 0.6 is 0 Å². The van der Waals surface area contributed by atoms with Crippen LogP contribution < -0.4 is 0 Å². The lowest BCUT2D eigenvalue weighted by atomic mass is 10.2. The van der Waals surface area contributed by atoms with Crippen LogP contribution in [-0.4, -0.2) is 48.5 Å². The molecule has 0 spiro atoms. The molecule has 0 N–H and O–H groups in total. The number of hydrogen-bond donors (Lipinski definition) is 0. The Kier molecular flexibility index (Phi) is 5.46. The van der Waals surface area contributed by atoms with Crippen molar-refractivity contribution in [1.29, 1.82) is 0 Å². The SMILES string of the molecule is CCOCc1nc2c(c(C)c(C)n3nnnc23)n1CCCON=C(C)C. The highest BCUT2D eigenvalue weighted by molar-refractivity contribution is 5.91. The van der Waals surface area contributed by atoms with Crippen LogP contribution in [0.3, 0.4) is 0 Å². The number of fused-ring (bicyclic) bond motifs is 3. The molecule has 9 nitrogen and oxygen atoms in total. The highest BCUT2D eigenvalue weighted by Gasteiger charge is 2.20. The molecule has 3 aromatic heterocycles. The van der Waals surface area contributed by atoms with Gasteiger partial charge in [0.05, 0.1) is 11.2 Å². The van der Waals surface area contributed by atoms with Gasteiger partial charge in [0.1, 0.15) is 24.6 Å². The number of imidazole rings is 1. The predicted octanol–water partition coefficient (Wildman–Crippen LogP) is 2.43. The zero-order valence-corrected chi connectivity index (χ0v) is 16.0. The maximum absolute atomic E-state index is 5.62. The molecular formula is C17H25N7O2. The summed E-state index contributed by atoms with van der Waals surface area (Å²) in [6.45, 7) is 12.3. The first-order valence-electron chi connectivity index (χ1n) is 8.81. The van der Waals surface area contributed by atoms with Gasteiger partial charge in [0.25, 0.3) is 0 Å². The molecule has 3 heterocycles. The third-order valence-corrected chi connectivity index (χ3v) is 4.24. The van der Waals surface area contributed by atoms with Crippen LogP contribution in [0.5, 0.6) is 0 Å². The summed E-state index contributed by atoms with van der Waals surface area (Å²) < 4.78 is 9.54. The molecule has 3 aromatic rings. The van der Waals surface area contributed by atoms with Crippen molar-refractivity contribution in [3.8, 4) is 0 Å². The lowest BCUT2D eigenvalue weighted by Gasteiger charge is -2.11. The second-order valence-corrected chi connectivity index (χ2v) is 6.36. The molecule has 140 valence electrons. The summed E-state index contributed by atoms with van der Waals surface area (Å²) in [5, 5.41) is 16.0. The van der Waals surface area contributed by atoms with Crippen LogP contribution in [-0.2, 0) is 22.7 Å². The van der Waals surface area contributed by atoms with Gasteiger partial charge in [-0.25, -0.2) is 4.98 Å². The molecular weight excluding hydrogens is 334 g/mol. The molecule has 9 heteroatoms. The first-order valence-corrected chi connectivity index (χ1v) is 8.81. The lowest BCUT2D eigenvalue weighted by Crippen LogP contribution is -2.09. The van der Waals surface area contributed by atoms with Crippen LogP contribution in [0.15, 0.2) is 5.16 Å². The Hall–Kier alpha value is -2.55. The van der Waals surface area contributed by atoms with Crippen LogP contribution in [0.25, 0.3) is 16.7 Å². The molecule has 0 aliphatic carbocycles. The Bertz CT molecular complexity index is 938. The number of pyridine rings is 1. The Morgan fingerprint density at radius 1 is 1.23 bits per heavy atom. The molecule has 0 fully saturated rings. The van der Waals surface area contributed by atoms with E-state index in [9.17, 15) is 0 Å². The molecule has 0 unspecified atom stereocenters. The Morgan fingerprint density at radius 2 is 2.04 bits per heavy atom. The van der Waals surface area contributed by atoms with Crippen molar-refractivity contribution in [3.05, 3.63) is 17.1 Å². The monoisotopic (exact) mass is 359 g/mol. The highest BCUT2D eigenvalue weighted by Crippen LogP contribution is 2.26. The van der Waals surface area contributed by atoms with Gasteiger partial charge in [-0.2, -0.15) is 4.52 Å². The summed E-state index contributed by atoms with van der Waals surface area (Å²) in [4.78, 5) is 10.1. The van der Waals surface area contributed by atoms with Gasteiger partial charge in [0.2, 0.25) is 5.65 Å². The Balaban J connectivity index is 2.00. The molecule has 0 atom stereocenters. The molecule has 0 aliphatic heterocycles. The fraction of sp³-hybridized carbons (Fsp3) is 0.588. The quantitative estimate of drug-likeness (QED) is 0.348. The van der Waals surface area contributed by atoms with Crippen molar-refractivity contribution in [1.82, 2.24) is 29.6 Å². The lowest BCUT2D eigenvalue weighted by molar-refractivity contribution is 0.122. The third-order valence-electron chi connectivity index (χ3n) is 4.24. The molecule has 0 radical (unpaired) electrons. The maximum atomic E-state index is 5.62. The molecule has 0 bridgehead atoms. The molecule has 3 rings (SSSR count). The largest absolute Gasteiger partial charge is 0.396 e. The molecule has 0 saturated carbocycles. The highest BCUT2D eigenvalue weighted by atomic mass is 16.6. The van der Waals surface area contributed by atoms with Gasteiger partial charge in [-0.15, -0.1) is 5.10 Å². The van der Waals surface area contributed by atoms with E-state index in [1.807, 2.05) is 27.7 Å². The fourth-order valence-corrected chi connectivity index (χ4v) is 2.93. The maximum Gasteiger partial charge on any atom is 0.207 e. The second-order valence-electron chi connectivity index (χ2n) is 6.36. The Labute approximate surface area is 152 Å². The summed E-state index contributed by atoms with van der Waals surface area (Å²) in [5.41, 5.74) is 5.54. The van der Waals surface area contributed by atoms with Gasteiger partial charge in [-0.1, -0.05) is 5.16 Å². The summed E-state index contributed by atoms with van der Waals surface area (Å²) in [6, 6.07) is 0. The summed E-state index contributed by atoms with van der Waals surface area (Å²) >= 11 is 0. The summed E-state index contributed by atoms with van der Waals surface area (Å²) in [6.07, 6.45) is 0.815. The smallest absolute Gasteiger partial charge is 0.207 e. The molecule has 0 amide bonds. The summed E-state index contributed by atoms with van der Waals surface area (Å²) in [7, 11) is 0. The second kappa shape index (κ2) is 7.77. The van der Waals surface area contributed by atoms with E-state index in [-0.39, 0.29) is 0 Å². The van der Waals surface area contributed by atoms with Gasteiger partial charge >= 0.3 is 0 Å². The van der Waals surface area contributed by atoms with Crippen molar-refractivity contribution < 1.29 is 9.57 Å². The van der Waals surface area contributed by atoms with E-state index in [1.165, 1.54) is 0 Å². The number of oxime groups is 1. The average molecular weight is 359 g/mol. The molecule has 0 aliphatic rings. The molecule has 0 aromatic carbocycles. The van der Waals surface area contributed by atoms with Gasteiger partial charge in [-0.05, 0) is 50.6 Å². The standard InChI is InChI=1S/C17H25N7O2/c1-6-25-10-14-18-15-16(23(14)8-7-9-26-20-11(2)3)12(4)13(5)24-17(15)19-21-22-24/h6-10H2,1-5H3. The topological polar surface area (TPSA) is 91.7 Å². The normalized spacial score (nSPS) is 11.4. The molecule has 26 heavy (non-hydrogen) atoms. The number of nitrogens with zero attached hydrogens (tertiary/aromatic N) is 7. The number of hydrogen-bond acceptors (Lipinski definition) is 7. The van der Waals surface area contributed by atoms with Crippen molar-refractivity contribution in [3.63, 3.8) is 0 Å². The van der Waals surface area contributed by atoms with Crippen molar-refractivity contribution >= 4 is 22.4 Å². The predicted molar refractivity (Wildman–Crippen MR) is 98.2 cm³/mol. The van der Waals surface area contributed by atoms with Gasteiger partial charge in [-0.3, -0.25) is 0 Å². The third kappa shape index (κ3) is 3.39. The average Bonchev–Trinajstić information content (AvgIpc) is 3.22. The van der Waals surface area contributed by atoms with Crippen molar-refractivity contribution in [2.24, 2.45) is 5.16 Å². The van der Waals surface area contributed by atoms with E-state index in [4.69, 9.17) is 14.6 Å². The van der Waals surface area contributed by atoms with E-state index >= 15 is 0 Å². The van der Waals surface area contributed by atoms with E-state index in [0.717, 1.165) is 46.8 Å². The van der Waals surface area contributed by atoms with E-state index in [0.29, 0.717) is 25.5 Å². The van der Waals surface area contributed by atoms with Crippen molar-refractivity contribution in [2.45, 2.75) is 54.2 Å². The van der Waals surface area contributed by atoms with E-state index in [1.54, 1.807) is 4.52 Å². The van der Waals surface area contributed by atoms with Gasteiger partial charge in [0, 0.05) is 25.3 Å². The minimum atomic E-state index is 0.449. The number of rotatable bonds is 8. The van der Waals surface area contributed by atoms with E-state index in [2.05, 4.69) is 32.2 Å². The number of aromatic nitrogens is 6. The van der Waals surface area contributed by atoms with E-state index < -0.39 is 0 Å². The molecule has 0 saturated heterocycles. The Morgan fingerprint density at radius 3 is 2.77 bits per heavy atom. The fourth-order valence-electron chi connectivity index (χ4n) is 2.93. The zero-order valence-electron chi connectivity index (χ0n) is 16.0. The minimum absolute atomic E-state index is 0.449. The number of tetrazole rings is 1. The van der Waals surface area contributed by atoms with Crippen LogP contribution in [0.4, 0.5) is 0 Å². The summed E-state index contributed by atoms with van der Waals surface area (Å²) in [5.74, 6) is 0.871. The van der Waals surface area contributed by atoms with Crippen LogP contribution in [0, 0.1) is 13.8 Å². The van der Waals surface area contributed by atoms with Crippen molar-refractivity contribution in [2.75, 3.05) is 13.2 Å². The van der Waals surface area contributed by atoms with Gasteiger partial charge in [0.15, 0.2) is 0 Å². The van der Waals surface area contributed by atoms with Gasteiger partial charge < -0.3 is 14.1 Å². The first-order chi connectivity index (χ1) is 12.5. The number of aryl methyl sites for hydroxylation is 3. The van der Waals surface area contributed by atoms with Crippen LogP contribution in [0.1, 0.15) is 44.3 Å². The van der Waals surface area contributed by atoms with Crippen LogP contribution in [0.2, 0.25) is 0 Å². The minimum Gasteiger partial charge on any atom is -0.396 e. The zero-order chi connectivity index (χ0) is 18.7. The first kappa shape index (κ1) is 18.2. The number of ether oxygens (including phenoxy) is 1.